The zero-order valence-electron chi connectivity index (χ0n) is 16.5. The second kappa shape index (κ2) is 8.12. The summed E-state index contributed by atoms with van der Waals surface area (Å²) in [5.74, 6) is -1.20. The predicted octanol–water partition coefficient (Wildman–Crippen LogP) is 4.48. The molecular weight excluding hydrogens is 438 g/mol. The van der Waals surface area contributed by atoms with E-state index in [1.165, 1.54) is 30.3 Å². The maximum Gasteiger partial charge on any atom is 0.335 e. The molecule has 0 spiro atoms. The van der Waals surface area contributed by atoms with Crippen LogP contribution >= 0.6 is 11.6 Å². The molecule has 2 heterocycles. The lowest BCUT2D eigenvalue weighted by Crippen LogP contribution is -2.54. The number of rotatable bonds is 4. The molecule has 1 N–H and O–H groups in total. The van der Waals surface area contributed by atoms with Crippen LogP contribution in [0, 0.1) is 17.0 Å². The van der Waals surface area contributed by atoms with E-state index in [1.54, 1.807) is 24.3 Å². The highest BCUT2D eigenvalue weighted by Crippen LogP contribution is 2.33. The molecule has 10 heteroatoms. The Balaban J connectivity index is 1.67. The molecule has 4 rings (SSSR count). The summed E-state index contributed by atoms with van der Waals surface area (Å²) < 4.78 is 5.67. The molecule has 32 heavy (non-hydrogen) atoms. The number of non-ortho nitro benzene ring substituents is 1. The standard InChI is InChI=1S/C22H14ClN3O6/c1-12-3-2-4-13(9-12)25-21(28)17(20(27)24-22(25)29)11-15-6-8-19(32-15)16-7-5-14(26(30)31)10-18(16)23/h2-11H,1H3,(H,24,27,29)/b17-11+. The molecule has 4 amide bonds. The van der Waals surface area contributed by atoms with Crippen molar-refractivity contribution in [1.82, 2.24) is 5.32 Å². The fraction of sp³-hybridized carbons (Fsp3) is 0.0455. The van der Waals surface area contributed by atoms with Crippen molar-refractivity contribution >= 4 is 46.9 Å². The van der Waals surface area contributed by atoms with Gasteiger partial charge in [-0.1, -0.05) is 23.7 Å². The first kappa shape index (κ1) is 21.0. The summed E-state index contributed by atoms with van der Waals surface area (Å²) in [4.78, 5) is 48.7. The summed E-state index contributed by atoms with van der Waals surface area (Å²) in [6, 6.07) is 12.9. The summed E-state index contributed by atoms with van der Waals surface area (Å²) in [5.41, 5.74) is 1.10. The third-order valence-corrected chi connectivity index (χ3v) is 5.02. The van der Waals surface area contributed by atoms with Crippen molar-refractivity contribution in [3.8, 4) is 11.3 Å². The van der Waals surface area contributed by atoms with Gasteiger partial charge in [-0.25, -0.2) is 9.69 Å². The summed E-state index contributed by atoms with van der Waals surface area (Å²) in [6.45, 7) is 1.81. The van der Waals surface area contributed by atoms with Crippen LogP contribution in [-0.2, 0) is 9.59 Å². The third-order valence-electron chi connectivity index (χ3n) is 4.70. The minimum absolute atomic E-state index is 0.107. The maximum absolute atomic E-state index is 12.9. The molecule has 2 aromatic carbocycles. The van der Waals surface area contributed by atoms with Crippen molar-refractivity contribution < 1.29 is 23.7 Å². The fourth-order valence-corrected chi connectivity index (χ4v) is 3.46. The van der Waals surface area contributed by atoms with Gasteiger partial charge in [-0.3, -0.25) is 25.0 Å². The molecule has 0 aliphatic carbocycles. The number of aryl methyl sites for hydroxylation is 1. The number of benzene rings is 2. The van der Waals surface area contributed by atoms with E-state index < -0.39 is 22.8 Å². The molecule has 160 valence electrons. The van der Waals surface area contributed by atoms with Crippen molar-refractivity contribution in [1.29, 1.82) is 0 Å². The molecule has 1 aliphatic rings. The minimum Gasteiger partial charge on any atom is -0.457 e. The van der Waals surface area contributed by atoms with Crippen LogP contribution < -0.4 is 10.2 Å². The summed E-state index contributed by atoms with van der Waals surface area (Å²) in [7, 11) is 0. The van der Waals surface area contributed by atoms with Gasteiger partial charge in [0.25, 0.3) is 17.5 Å². The number of barbiturate groups is 1. The van der Waals surface area contributed by atoms with E-state index in [2.05, 4.69) is 5.32 Å². The highest BCUT2D eigenvalue weighted by Gasteiger charge is 2.37. The number of halogens is 1. The molecule has 9 nitrogen and oxygen atoms in total. The number of nitro benzene ring substituents is 1. The molecule has 0 unspecified atom stereocenters. The van der Waals surface area contributed by atoms with E-state index >= 15 is 0 Å². The number of amides is 4. The number of urea groups is 1. The van der Waals surface area contributed by atoms with Crippen LogP contribution in [0.4, 0.5) is 16.2 Å². The summed E-state index contributed by atoms with van der Waals surface area (Å²) in [5, 5.41) is 13.1. The van der Waals surface area contributed by atoms with Crippen LogP contribution in [0.1, 0.15) is 11.3 Å². The predicted molar refractivity (Wildman–Crippen MR) is 116 cm³/mol. The Morgan fingerprint density at radius 2 is 1.88 bits per heavy atom. The second-order valence-electron chi connectivity index (χ2n) is 6.92. The third kappa shape index (κ3) is 3.88. The van der Waals surface area contributed by atoms with Gasteiger partial charge in [0, 0.05) is 17.7 Å². The Morgan fingerprint density at radius 3 is 2.56 bits per heavy atom. The molecule has 0 bridgehead atoms. The molecule has 1 fully saturated rings. The van der Waals surface area contributed by atoms with E-state index in [1.807, 2.05) is 13.0 Å². The number of carbonyl (C=O) groups excluding carboxylic acids is 3. The number of anilines is 1. The van der Waals surface area contributed by atoms with Gasteiger partial charge in [0.15, 0.2) is 0 Å². The van der Waals surface area contributed by atoms with Gasteiger partial charge < -0.3 is 4.42 Å². The summed E-state index contributed by atoms with van der Waals surface area (Å²) in [6.07, 6.45) is 1.22. The first-order valence-electron chi connectivity index (χ1n) is 9.27. The summed E-state index contributed by atoms with van der Waals surface area (Å²) >= 11 is 6.13. The van der Waals surface area contributed by atoms with Gasteiger partial charge in [-0.15, -0.1) is 0 Å². The molecule has 3 aromatic rings. The van der Waals surface area contributed by atoms with Gasteiger partial charge in [0.1, 0.15) is 17.1 Å². The second-order valence-corrected chi connectivity index (χ2v) is 7.33. The van der Waals surface area contributed by atoms with Crippen molar-refractivity contribution in [2.45, 2.75) is 6.92 Å². The zero-order chi connectivity index (χ0) is 23.0. The van der Waals surface area contributed by atoms with E-state index in [0.29, 0.717) is 11.3 Å². The molecule has 1 aliphatic heterocycles. The Bertz CT molecular complexity index is 1330. The van der Waals surface area contributed by atoms with E-state index in [-0.39, 0.29) is 27.8 Å². The molecule has 0 radical (unpaired) electrons. The topological polar surface area (TPSA) is 123 Å². The van der Waals surface area contributed by atoms with Crippen LogP contribution in [0.25, 0.3) is 17.4 Å². The van der Waals surface area contributed by atoms with E-state index in [9.17, 15) is 24.5 Å². The van der Waals surface area contributed by atoms with Crippen molar-refractivity contribution in [3.05, 3.63) is 86.6 Å². The largest absolute Gasteiger partial charge is 0.457 e. The first-order valence-corrected chi connectivity index (χ1v) is 9.64. The van der Waals surface area contributed by atoms with Gasteiger partial charge in [0.2, 0.25) is 0 Å². The number of carbonyl (C=O) groups is 3. The van der Waals surface area contributed by atoms with Gasteiger partial charge in [0.05, 0.1) is 15.6 Å². The molecular formula is C22H14ClN3O6. The first-order chi connectivity index (χ1) is 15.2. The maximum atomic E-state index is 12.9. The highest BCUT2D eigenvalue weighted by molar-refractivity contribution is 6.39. The van der Waals surface area contributed by atoms with Gasteiger partial charge in [-0.05, 0) is 48.9 Å². The number of nitro groups is 1. The Hall–Kier alpha value is -4.24. The number of nitrogens with one attached hydrogen (secondary N) is 1. The molecule has 1 aromatic heterocycles. The smallest absolute Gasteiger partial charge is 0.335 e. The normalized spacial score (nSPS) is 15.2. The quantitative estimate of drug-likeness (QED) is 0.270. The minimum atomic E-state index is -0.852. The number of imide groups is 2. The average molecular weight is 452 g/mol. The molecule has 0 atom stereocenters. The Labute approximate surface area is 186 Å². The Morgan fingerprint density at radius 1 is 1.09 bits per heavy atom. The lowest BCUT2D eigenvalue weighted by atomic mass is 10.1. The van der Waals surface area contributed by atoms with Crippen molar-refractivity contribution in [2.75, 3.05) is 4.90 Å². The van der Waals surface area contributed by atoms with Crippen LogP contribution in [0.5, 0.6) is 0 Å². The van der Waals surface area contributed by atoms with Crippen molar-refractivity contribution in [3.63, 3.8) is 0 Å². The van der Waals surface area contributed by atoms with Crippen molar-refractivity contribution in [2.24, 2.45) is 0 Å². The lowest BCUT2D eigenvalue weighted by molar-refractivity contribution is -0.384. The van der Waals surface area contributed by atoms with Crippen LogP contribution in [-0.4, -0.2) is 22.8 Å². The fourth-order valence-electron chi connectivity index (χ4n) is 3.19. The van der Waals surface area contributed by atoms with E-state index in [4.69, 9.17) is 16.0 Å². The monoisotopic (exact) mass is 451 g/mol. The van der Waals surface area contributed by atoms with Crippen LogP contribution in [0.2, 0.25) is 5.02 Å². The van der Waals surface area contributed by atoms with Gasteiger partial charge >= 0.3 is 6.03 Å². The lowest BCUT2D eigenvalue weighted by Gasteiger charge is -2.26. The van der Waals surface area contributed by atoms with E-state index in [0.717, 1.165) is 10.5 Å². The molecule has 1 saturated heterocycles. The number of furan rings is 1. The van der Waals surface area contributed by atoms with Gasteiger partial charge in [-0.2, -0.15) is 0 Å². The zero-order valence-corrected chi connectivity index (χ0v) is 17.3. The SMILES string of the molecule is Cc1cccc(N2C(=O)NC(=O)/C(=C\c3ccc(-c4ccc([N+](=O)[O-])cc4Cl)o3)C2=O)c1. The average Bonchev–Trinajstić information content (AvgIpc) is 3.19. The number of nitrogens with zero attached hydrogens (tertiary/aromatic N) is 2. The highest BCUT2D eigenvalue weighted by atomic mass is 35.5. The number of hydrogen-bond donors (Lipinski definition) is 1. The van der Waals surface area contributed by atoms with Crippen LogP contribution in [0.3, 0.4) is 0 Å². The molecule has 0 saturated carbocycles. The number of hydrogen-bond acceptors (Lipinski definition) is 6. The Kier molecular flexibility index (Phi) is 5.33. The van der Waals surface area contributed by atoms with Crippen LogP contribution in [0.15, 0.2) is 64.6 Å².